The number of fused-ring (bicyclic) bond motifs is 1. The van der Waals surface area contributed by atoms with E-state index in [1.165, 1.54) is 13.2 Å². The van der Waals surface area contributed by atoms with Crippen LogP contribution in [0.3, 0.4) is 0 Å². The standard InChI is InChI=1S/C29H40FNO5/c1-19(2)26-23-9-8-22(30)18-21(23)11-13-29(26,27(36-6)28(32)33)14-16-31(3)15-12-20-7-10-24(34-4)25(17-20)35-5/h7-10,17-19,26-27H,11-16H2,1-6H3,(H,32,33)/t26?,27-,29?/m0/s1. The molecule has 0 aliphatic heterocycles. The maximum absolute atomic E-state index is 14.0. The van der Waals surface area contributed by atoms with Crippen molar-refractivity contribution in [2.24, 2.45) is 11.3 Å². The third-order valence-electron chi connectivity index (χ3n) is 7.76. The summed E-state index contributed by atoms with van der Waals surface area (Å²) < 4.78 is 30.4. The predicted molar refractivity (Wildman–Crippen MR) is 139 cm³/mol. The largest absolute Gasteiger partial charge is 0.493 e. The first-order valence-electron chi connectivity index (χ1n) is 12.6. The molecule has 1 aliphatic carbocycles. The molecule has 0 saturated carbocycles. The van der Waals surface area contributed by atoms with Crippen molar-refractivity contribution < 1.29 is 28.5 Å². The molecule has 1 N–H and O–H groups in total. The molecule has 36 heavy (non-hydrogen) atoms. The summed E-state index contributed by atoms with van der Waals surface area (Å²) in [6.07, 6.45) is 1.83. The summed E-state index contributed by atoms with van der Waals surface area (Å²) in [4.78, 5) is 14.7. The van der Waals surface area contributed by atoms with Crippen molar-refractivity contribution in [1.29, 1.82) is 0 Å². The predicted octanol–water partition coefficient (Wildman–Crippen LogP) is 5.18. The lowest BCUT2D eigenvalue weighted by molar-refractivity contribution is -0.162. The van der Waals surface area contributed by atoms with Gasteiger partial charge in [-0.3, -0.25) is 0 Å². The van der Waals surface area contributed by atoms with E-state index in [4.69, 9.17) is 14.2 Å². The molecule has 3 rings (SSSR count). The number of rotatable bonds is 12. The van der Waals surface area contributed by atoms with Crippen molar-refractivity contribution >= 4 is 5.97 Å². The van der Waals surface area contributed by atoms with Gasteiger partial charge < -0.3 is 24.2 Å². The molecule has 0 amide bonds. The molecule has 2 aromatic carbocycles. The molecule has 0 fully saturated rings. The zero-order valence-electron chi connectivity index (χ0n) is 22.3. The van der Waals surface area contributed by atoms with Gasteiger partial charge >= 0.3 is 5.97 Å². The minimum atomic E-state index is -0.943. The summed E-state index contributed by atoms with van der Waals surface area (Å²) >= 11 is 0. The fourth-order valence-electron chi connectivity index (χ4n) is 6.10. The number of benzene rings is 2. The highest BCUT2D eigenvalue weighted by Gasteiger charge is 2.52. The van der Waals surface area contributed by atoms with Gasteiger partial charge in [-0.2, -0.15) is 0 Å². The average molecular weight is 502 g/mol. The third-order valence-corrected chi connectivity index (χ3v) is 7.76. The minimum Gasteiger partial charge on any atom is -0.493 e. The highest BCUT2D eigenvalue weighted by Crippen LogP contribution is 2.54. The summed E-state index contributed by atoms with van der Waals surface area (Å²) in [5.41, 5.74) is 2.57. The molecular formula is C29H40FNO5. The summed E-state index contributed by atoms with van der Waals surface area (Å²) in [6, 6.07) is 10.9. The van der Waals surface area contributed by atoms with Crippen LogP contribution in [0.1, 0.15) is 49.3 Å². The van der Waals surface area contributed by atoms with Crippen molar-refractivity contribution in [2.45, 2.75) is 51.6 Å². The number of aryl methyl sites for hydroxylation is 1. The smallest absolute Gasteiger partial charge is 0.333 e. The molecule has 1 aliphatic rings. The molecule has 6 nitrogen and oxygen atoms in total. The van der Waals surface area contributed by atoms with Gasteiger partial charge in [0.25, 0.3) is 0 Å². The number of carbonyl (C=O) groups is 1. The number of carboxylic acids is 1. The number of methoxy groups -OCH3 is 3. The van der Waals surface area contributed by atoms with Crippen LogP contribution in [-0.4, -0.2) is 63.5 Å². The van der Waals surface area contributed by atoms with E-state index in [0.717, 1.165) is 36.2 Å². The Morgan fingerprint density at radius 2 is 1.83 bits per heavy atom. The maximum atomic E-state index is 14.0. The first-order valence-corrected chi connectivity index (χ1v) is 12.6. The molecule has 198 valence electrons. The number of aliphatic carboxylic acids is 1. The molecule has 0 radical (unpaired) electrons. The summed E-state index contributed by atoms with van der Waals surface area (Å²) in [6.45, 7) is 5.77. The third kappa shape index (κ3) is 5.84. The maximum Gasteiger partial charge on any atom is 0.333 e. The number of carboxylic acid groups (broad SMARTS) is 1. The summed E-state index contributed by atoms with van der Waals surface area (Å²) in [7, 11) is 6.80. The Morgan fingerprint density at radius 1 is 1.11 bits per heavy atom. The number of hydrogen-bond acceptors (Lipinski definition) is 5. The van der Waals surface area contributed by atoms with Crippen molar-refractivity contribution in [2.75, 3.05) is 41.5 Å². The van der Waals surface area contributed by atoms with Crippen molar-refractivity contribution in [1.82, 2.24) is 4.90 Å². The molecule has 0 bridgehead atoms. The van der Waals surface area contributed by atoms with E-state index >= 15 is 0 Å². The number of halogens is 1. The zero-order valence-corrected chi connectivity index (χ0v) is 22.3. The van der Waals surface area contributed by atoms with E-state index < -0.39 is 17.5 Å². The van der Waals surface area contributed by atoms with E-state index in [9.17, 15) is 14.3 Å². The molecule has 0 saturated heterocycles. The average Bonchev–Trinajstić information content (AvgIpc) is 2.85. The number of ether oxygens (including phenoxy) is 3. The fourth-order valence-corrected chi connectivity index (χ4v) is 6.10. The van der Waals surface area contributed by atoms with Gasteiger partial charge in [-0.05, 0) is 92.1 Å². The Morgan fingerprint density at radius 3 is 2.44 bits per heavy atom. The normalized spacial score (nSPS) is 20.3. The van der Waals surface area contributed by atoms with Crippen LogP contribution in [0.4, 0.5) is 4.39 Å². The Bertz CT molecular complexity index is 1040. The van der Waals surface area contributed by atoms with Crippen LogP contribution in [0.15, 0.2) is 36.4 Å². The van der Waals surface area contributed by atoms with Gasteiger partial charge in [0, 0.05) is 19.1 Å². The van der Waals surface area contributed by atoms with Crippen LogP contribution in [0.2, 0.25) is 0 Å². The molecule has 0 aromatic heterocycles. The zero-order chi connectivity index (χ0) is 26.5. The van der Waals surface area contributed by atoms with Gasteiger partial charge in [-0.1, -0.05) is 26.0 Å². The lowest BCUT2D eigenvalue weighted by Gasteiger charge is -2.50. The van der Waals surface area contributed by atoms with Gasteiger partial charge in [0.15, 0.2) is 17.6 Å². The van der Waals surface area contributed by atoms with E-state index in [-0.39, 0.29) is 17.7 Å². The molecule has 2 unspecified atom stereocenters. The van der Waals surface area contributed by atoms with Gasteiger partial charge in [0.2, 0.25) is 0 Å². The topological polar surface area (TPSA) is 68.2 Å². The lowest BCUT2D eigenvalue weighted by Crippen LogP contribution is -2.51. The van der Waals surface area contributed by atoms with Crippen LogP contribution < -0.4 is 9.47 Å². The van der Waals surface area contributed by atoms with Crippen molar-refractivity contribution in [3.8, 4) is 11.5 Å². The van der Waals surface area contributed by atoms with E-state index in [1.807, 2.05) is 24.3 Å². The second kappa shape index (κ2) is 12.1. The highest BCUT2D eigenvalue weighted by atomic mass is 19.1. The summed E-state index contributed by atoms with van der Waals surface area (Å²) in [5, 5.41) is 10.2. The minimum absolute atomic E-state index is 0.0536. The Balaban J connectivity index is 1.82. The van der Waals surface area contributed by atoms with Crippen LogP contribution in [-0.2, 0) is 22.4 Å². The monoisotopic (exact) mass is 501 g/mol. The number of likely N-dealkylation sites (N-methyl/N-ethyl adjacent to an activating group) is 1. The Labute approximate surface area is 214 Å². The molecule has 0 heterocycles. The molecular weight excluding hydrogens is 461 g/mol. The Kier molecular flexibility index (Phi) is 9.36. The first-order chi connectivity index (χ1) is 17.2. The Hall–Kier alpha value is -2.64. The van der Waals surface area contributed by atoms with E-state index in [0.29, 0.717) is 30.8 Å². The number of hydrogen-bond donors (Lipinski definition) is 1. The number of nitrogens with zero attached hydrogens (tertiary/aromatic N) is 1. The van der Waals surface area contributed by atoms with Crippen molar-refractivity contribution in [3.63, 3.8) is 0 Å². The second-order valence-electron chi connectivity index (χ2n) is 10.2. The van der Waals surface area contributed by atoms with Crippen LogP contribution >= 0.6 is 0 Å². The first kappa shape index (κ1) is 27.9. The van der Waals surface area contributed by atoms with Gasteiger partial charge in [-0.25, -0.2) is 9.18 Å². The SMILES string of the molecule is COc1ccc(CCN(C)CCC2([C@@H](OC)C(=O)O)CCc3cc(F)ccc3C2C(C)C)cc1OC. The van der Waals surface area contributed by atoms with Crippen LogP contribution in [0, 0.1) is 17.2 Å². The van der Waals surface area contributed by atoms with E-state index in [2.05, 4.69) is 25.8 Å². The molecule has 3 atom stereocenters. The second-order valence-corrected chi connectivity index (χ2v) is 10.2. The van der Waals surface area contributed by atoms with Gasteiger partial charge in [-0.15, -0.1) is 0 Å². The van der Waals surface area contributed by atoms with E-state index in [1.54, 1.807) is 20.3 Å². The van der Waals surface area contributed by atoms with Gasteiger partial charge in [0.1, 0.15) is 5.82 Å². The summed E-state index contributed by atoms with van der Waals surface area (Å²) in [5.74, 6) is 0.332. The quantitative estimate of drug-likeness (QED) is 0.432. The van der Waals surface area contributed by atoms with Crippen molar-refractivity contribution in [3.05, 3.63) is 58.9 Å². The highest BCUT2D eigenvalue weighted by molar-refractivity contribution is 5.74. The van der Waals surface area contributed by atoms with Crippen LogP contribution in [0.5, 0.6) is 11.5 Å². The van der Waals surface area contributed by atoms with Crippen LogP contribution in [0.25, 0.3) is 0 Å². The molecule has 7 heteroatoms. The lowest BCUT2D eigenvalue weighted by atomic mass is 9.56. The fraction of sp³-hybridized carbons (Fsp3) is 0.552. The molecule has 2 aromatic rings. The van der Waals surface area contributed by atoms with Gasteiger partial charge in [0.05, 0.1) is 14.2 Å². The molecule has 0 spiro atoms.